The molecule has 1 unspecified atom stereocenters. The van der Waals surface area contributed by atoms with Crippen LogP contribution in [0.1, 0.15) is 29.9 Å². The number of aromatic nitrogens is 1. The van der Waals surface area contributed by atoms with E-state index >= 15 is 0 Å². The molecule has 142 valence electrons. The first kappa shape index (κ1) is 17.9. The molecular formula is C21H19FN4O2. The van der Waals surface area contributed by atoms with Crippen molar-refractivity contribution in [2.45, 2.75) is 19.4 Å². The second kappa shape index (κ2) is 7.26. The molecule has 0 bridgehead atoms. The van der Waals surface area contributed by atoms with E-state index < -0.39 is 0 Å². The second-order valence-corrected chi connectivity index (χ2v) is 6.70. The molecule has 28 heavy (non-hydrogen) atoms. The van der Waals surface area contributed by atoms with E-state index in [0.29, 0.717) is 17.0 Å². The predicted molar refractivity (Wildman–Crippen MR) is 103 cm³/mol. The van der Waals surface area contributed by atoms with Gasteiger partial charge in [-0.3, -0.25) is 9.69 Å². The number of hydrogen-bond donors (Lipinski definition) is 1. The third-order valence-corrected chi connectivity index (χ3v) is 4.86. The Bertz CT molecular complexity index is 1050. The summed E-state index contributed by atoms with van der Waals surface area (Å²) >= 11 is 0. The van der Waals surface area contributed by atoms with Gasteiger partial charge in [0.1, 0.15) is 23.8 Å². The zero-order valence-corrected chi connectivity index (χ0v) is 15.3. The van der Waals surface area contributed by atoms with Gasteiger partial charge in [-0.15, -0.1) is 0 Å². The monoisotopic (exact) mass is 378 g/mol. The fourth-order valence-corrected chi connectivity index (χ4v) is 3.20. The molecule has 2 aromatic carbocycles. The van der Waals surface area contributed by atoms with Gasteiger partial charge in [-0.1, -0.05) is 54.5 Å². The first-order valence-electron chi connectivity index (χ1n) is 8.93. The maximum Gasteiger partial charge on any atom is 0.251 e. The average molecular weight is 378 g/mol. The highest BCUT2D eigenvalue weighted by Gasteiger charge is 2.25. The first-order chi connectivity index (χ1) is 13.5. The van der Waals surface area contributed by atoms with Crippen LogP contribution in [-0.2, 0) is 11.3 Å². The zero-order chi connectivity index (χ0) is 19.7. The number of amides is 1. The Morgan fingerprint density at radius 3 is 2.68 bits per heavy atom. The molecule has 7 heteroatoms. The fraction of sp³-hybridized carbons (Fsp3) is 0.190. The number of guanidine groups is 1. The predicted octanol–water partition coefficient (Wildman–Crippen LogP) is 3.29. The quantitative estimate of drug-likeness (QED) is 0.738. The largest absolute Gasteiger partial charge is 0.369 e. The number of benzene rings is 2. The van der Waals surface area contributed by atoms with Gasteiger partial charge in [0.25, 0.3) is 5.91 Å². The number of aliphatic imine (C=N–C) groups is 1. The minimum atomic E-state index is -0.290. The lowest BCUT2D eigenvalue weighted by Gasteiger charge is -2.13. The molecule has 0 saturated heterocycles. The van der Waals surface area contributed by atoms with E-state index in [2.05, 4.69) is 10.1 Å². The Hall–Kier alpha value is -3.48. The summed E-state index contributed by atoms with van der Waals surface area (Å²) in [7, 11) is 0. The molecule has 1 aromatic heterocycles. The summed E-state index contributed by atoms with van der Waals surface area (Å²) in [5.74, 6) is 0.113. The first-order valence-corrected chi connectivity index (χ1v) is 8.93. The van der Waals surface area contributed by atoms with Crippen molar-refractivity contribution in [2.75, 3.05) is 6.54 Å². The molecule has 6 nitrogen and oxygen atoms in total. The number of nitrogens with two attached hydrogens (primary N) is 1. The Kier molecular flexibility index (Phi) is 4.65. The van der Waals surface area contributed by atoms with E-state index in [1.54, 1.807) is 12.1 Å². The highest BCUT2D eigenvalue weighted by Crippen LogP contribution is 2.30. The minimum absolute atomic E-state index is 0.0555. The molecule has 0 fully saturated rings. The van der Waals surface area contributed by atoms with E-state index in [9.17, 15) is 9.18 Å². The lowest BCUT2D eigenvalue weighted by molar-refractivity contribution is -0.125. The van der Waals surface area contributed by atoms with Crippen LogP contribution in [0.25, 0.3) is 11.1 Å². The highest BCUT2D eigenvalue weighted by molar-refractivity contribution is 6.02. The number of nitrogens with zero attached hydrogens (tertiary/aromatic N) is 3. The van der Waals surface area contributed by atoms with Crippen LogP contribution < -0.4 is 5.73 Å². The van der Waals surface area contributed by atoms with Crippen molar-refractivity contribution in [1.29, 1.82) is 0 Å². The van der Waals surface area contributed by atoms with Crippen LogP contribution >= 0.6 is 0 Å². The Morgan fingerprint density at radius 2 is 2.00 bits per heavy atom. The molecule has 0 spiro atoms. The summed E-state index contributed by atoms with van der Waals surface area (Å²) < 4.78 is 20.1. The zero-order valence-electron chi connectivity index (χ0n) is 15.3. The summed E-state index contributed by atoms with van der Waals surface area (Å²) in [5, 5.41) is 4.01. The van der Waals surface area contributed by atoms with E-state index in [0.717, 1.165) is 11.1 Å². The van der Waals surface area contributed by atoms with Gasteiger partial charge in [0.2, 0.25) is 0 Å². The molecule has 3 aromatic rings. The SMILES string of the molecule is CC(c1ccc(-c2ccccc2)c(F)c1)c1cc(CN2C(=O)CN=C2N)no1. The average Bonchev–Trinajstić information content (AvgIpc) is 3.30. The lowest BCUT2D eigenvalue weighted by atomic mass is 9.95. The molecule has 0 radical (unpaired) electrons. The Labute approximate surface area is 161 Å². The summed E-state index contributed by atoms with van der Waals surface area (Å²) in [6.45, 7) is 2.17. The summed E-state index contributed by atoms with van der Waals surface area (Å²) in [6.07, 6.45) is 0. The van der Waals surface area contributed by atoms with Crippen LogP contribution in [0.15, 0.2) is 64.1 Å². The second-order valence-electron chi connectivity index (χ2n) is 6.70. The van der Waals surface area contributed by atoms with Gasteiger partial charge in [-0.05, 0) is 17.2 Å². The number of rotatable bonds is 5. The van der Waals surface area contributed by atoms with Crippen molar-refractivity contribution in [3.8, 4) is 11.1 Å². The number of carbonyl (C=O) groups excluding carboxylic acids is 1. The van der Waals surface area contributed by atoms with Crippen molar-refractivity contribution in [2.24, 2.45) is 10.7 Å². The van der Waals surface area contributed by atoms with Gasteiger partial charge in [0.15, 0.2) is 5.96 Å². The Balaban J connectivity index is 1.53. The van der Waals surface area contributed by atoms with Crippen LogP contribution in [0.5, 0.6) is 0 Å². The third kappa shape index (κ3) is 3.38. The molecule has 1 aliphatic heterocycles. The van der Waals surface area contributed by atoms with Crippen LogP contribution in [0, 0.1) is 5.82 Å². The van der Waals surface area contributed by atoms with E-state index in [-0.39, 0.29) is 36.7 Å². The van der Waals surface area contributed by atoms with Crippen LogP contribution in [0.4, 0.5) is 4.39 Å². The maximum atomic E-state index is 14.7. The standard InChI is InChI=1S/C21H19FN4O2/c1-13(15-7-8-17(18(22)9-15)14-5-3-2-4-6-14)19-10-16(25-28-19)12-26-20(27)11-24-21(26)23/h2-10,13H,11-12H2,1H3,(H2,23,24). The Morgan fingerprint density at radius 1 is 1.21 bits per heavy atom. The molecule has 0 aliphatic carbocycles. The molecular weight excluding hydrogens is 359 g/mol. The van der Waals surface area contributed by atoms with Crippen molar-refractivity contribution < 1.29 is 13.7 Å². The van der Waals surface area contributed by atoms with Gasteiger partial charge in [0, 0.05) is 17.5 Å². The van der Waals surface area contributed by atoms with Gasteiger partial charge in [-0.2, -0.15) is 0 Å². The summed E-state index contributed by atoms with van der Waals surface area (Å²) in [6, 6.07) is 16.3. The summed E-state index contributed by atoms with van der Waals surface area (Å²) in [5.41, 5.74) is 8.43. The molecule has 4 rings (SSSR count). The number of carbonyl (C=O) groups is 1. The van der Waals surface area contributed by atoms with Crippen LogP contribution in [0.3, 0.4) is 0 Å². The van der Waals surface area contributed by atoms with Gasteiger partial charge in [-0.25, -0.2) is 9.38 Å². The maximum absolute atomic E-state index is 14.7. The minimum Gasteiger partial charge on any atom is -0.369 e. The lowest BCUT2D eigenvalue weighted by Crippen LogP contribution is -2.36. The van der Waals surface area contributed by atoms with Crippen molar-refractivity contribution >= 4 is 11.9 Å². The topological polar surface area (TPSA) is 84.7 Å². The number of halogens is 1. The van der Waals surface area contributed by atoms with Gasteiger partial charge < -0.3 is 10.3 Å². The molecule has 2 heterocycles. The van der Waals surface area contributed by atoms with Crippen LogP contribution in [0.2, 0.25) is 0 Å². The normalized spacial score (nSPS) is 15.0. The van der Waals surface area contributed by atoms with Crippen molar-refractivity contribution in [3.63, 3.8) is 0 Å². The van der Waals surface area contributed by atoms with E-state index in [1.807, 2.05) is 43.3 Å². The van der Waals surface area contributed by atoms with Gasteiger partial charge >= 0.3 is 0 Å². The molecule has 1 aliphatic rings. The molecule has 1 atom stereocenters. The van der Waals surface area contributed by atoms with Crippen molar-refractivity contribution in [3.05, 3.63) is 77.4 Å². The van der Waals surface area contributed by atoms with Gasteiger partial charge in [0.05, 0.1) is 6.54 Å². The fourth-order valence-electron chi connectivity index (χ4n) is 3.20. The van der Waals surface area contributed by atoms with E-state index in [1.165, 1.54) is 11.0 Å². The van der Waals surface area contributed by atoms with Crippen LogP contribution in [-0.4, -0.2) is 28.5 Å². The molecule has 0 saturated carbocycles. The highest BCUT2D eigenvalue weighted by atomic mass is 19.1. The van der Waals surface area contributed by atoms with Crippen molar-refractivity contribution in [1.82, 2.24) is 10.1 Å². The molecule has 2 N–H and O–H groups in total. The number of hydrogen-bond acceptors (Lipinski definition) is 5. The smallest absolute Gasteiger partial charge is 0.251 e. The summed E-state index contributed by atoms with van der Waals surface area (Å²) in [4.78, 5) is 17.0. The molecule has 1 amide bonds. The van der Waals surface area contributed by atoms with E-state index in [4.69, 9.17) is 10.3 Å². The third-order valence-electron chi connectivity index (χ3n) is 4.86.